The van der Waals surface area contributed by atoms with Crippen LogP contribution in [0.1, 0.15) is 29.6 Å². The van der Waals surface area contributed by atoms with Crippen molar-refractivity contribution in [3.63, 3.8) is 0 Å². The molecule has 0 radical (unpaired) electrons. The Labute approximate surface area is 121 Å². The second-order valence-electron chi connectivity index (χ2n) is 4.92. The molecule has 1 saturated carbocycles. The van der Waals surface area contributed by atoms with E-state index in [4.69, 9.17) is 0 Å². The van der Waals surface area contributed by atoms with Gasteiger partial charge in [-0.3, -0.25) is 0 Å². The van der Waals surface area contributed by atoms with Gasteiger partial charge in [-0.2, -0.15) is 0 Å². The van der Waals surface area contributed by atoms with Crippen molar-refractivity contribution in [1.82, 2.24) is 0 Å². The van der Waals surface area contributed by atoms with E-state index in [0.717, 1.165) is 12.0 Å². The third kappa shape index (κ3) is 2.45. The molecular weight excluding hydrogens is 335 g/mol. The third-order valence-corrected chi connectivity index (χ3v) is 4.33. The van der Waals surface area contributed by atoms with Crippen molar-refractivity contribution in [1.29, 1.82) is 0 Å². The molecule has 1 fully saturated rings. The van der Waals surface area contributed by atoms with E-state index in [2.05, 4.69) is 59.0 Å². The number of benzene rings is 2. The SMILES string of the molecule is OC(c1cccc(I)c1)C1CC1c1ccccc1. The molecule has 2 aromatic carbocycles. The van der Waals surface area contributed by atoms with Crippen molar-refractivity contribution in [2.24, 2.45) is 5.92 Å². The molecule has 2 heteroatoms. The fourth-order valence-corrected chi connectivity index (χ4v) is 3.15. The molecule has 0 bridgehead atoms. The summed E-state index contributed by atoms with van der Waals surface area (Å²) in [6, 6.07) is 18.7. The Balaban J connectivity index is 1.75. The molecule has 0 saturated heterocycles. The molecule has 2 aromatic rings. The van der Waals surface area contributed by atoms with Crippen LogP contribution < -0.4 is 0 Å². The summed E-state index contributed by atoms with van der Waals surface area (Å²) in [5, 5.41) is 10.4. The van der Waals surface area contributed by atoms with E-state index in [-0.39, 0.29) is 6.10 Å². The summed E-state index contributed by atoms with van der Waals surface area (Å²) < 4.78 is 1.18. The molecular formula is C16H15IO. The van der Waals surface area contributed by atoms with E-state index < -0.39 is 0 Å². The molecule has 0 aromatic heterocycles. The van der Waals surface area contributed by atoms with Crippen molar-refractivity contribution in [3.8, 4) is 0 Å². The Morgan fingerprint density at radius 1 is 1.06 bits per heavy atom. The molecule has 3 unspecified atom stereocenters. The van der Waals surface area contributed by atoms with Gasteiger partial charge in [0.15, 0.2) is 0 Å². The Hall–Kier alpha value is -0.870. The third-order valence-electron chi connectivity index (χ3n) is 3.66. The Morgan fingerprint density at radius 3 is 2.56 bits per heavy atom. The van der Waals surface area contributed by atoms with Gasteiger partial charge in [0.05, 0.1) is 6.10 Å². The van der Waals surface area contributed by atoms with Crippen molar-refractivity contribution in [3.05, 3.63) is 69.3 Å². The van der Waals surface area contributed by atoms with Gasteiger partial charge in [-0.05, 0) is 64.1 Å². The summed E-state index contributed by atoms with van der Waals surface area (Å²) in [4.78, 5) is 0. The maximum atomic E-state index is 10.4. The topological polar surface area (TPSA) is 20.2 Å². The molecule has 0 aliphatic heterocycles. The zero-order valence-corrected chi connectivity index (χ0v) is 12.1. The summed E-state index contributed by atoms with van der Waals surface area (Å²) >= 11 is 2.29. The van der Waals surface area contributed by atoms with Crippen LogP contribution in [0.15, 0.2) is 54.6 Å². The zero-order valence-electron chi connectivity index (χ0n) is 9.96. The lowest BCUT2D eigenvalue weighted by Gasteiger charge is -2.11. The number of hydrogen-bond donors (Lipinski definition) is 1. The largest absolute Gasteiger partial charge is 0.388 e. The monoisotopic (exact) mass is 350 g/mol. The van der Waals surface area contributed by atoms with Crippen LogP contribution in [0.5, 0.6) is 0 Å². The fourth-order valence-electron chi connectivity index (χ4n) is 2.58. The molecule has 18 heavy (non-hydrogen) atoms. The van der Waals surface area contributed by atoms with Crippen LogP contribution in [-0.2, 0) is 0 Å². The normalized spacial score (nSPS) is 23.7. The summed E-state index contributed by atoms with van der Waals surface area (Å²) in [5.41, 5.74) is 2.40. The zero-order chi connectivity index (χ0) is 12.5. The van der Waals surface area contributed by atoms with E-state index in [1.54, 1.807) is 0 Å². The Kier molecular flexibility index (Phi) is 3.39. The van der Waals surface area contributed by atoms with Gasteiger partial charge >= 0.3 is 0 Å². The number of aliphatic hydroxyl groups is 1. The fraction of sp³-hybridized carbons (Fsp3) is 0.250. The number of halogens is 1. The lowest BCUT2D eigenvalue weighted by atomic mass is 10.0. The number of rotatable bonds is 3. The highest BCUT2D eigenvalue weighted by atomic mass is 127. The molecule has 92 valence electrons. The summed E-state index contributed by atoms with van der Waals surface area (Å²) in [6.07, 6.45) is 0.765. The van der Waals surface area contributed by atoms with Gasteiger partial charge < -0.3 is 5.11 Å². The molecule has 0 heterocycles. The Morgan fingerprint density at radius 2 is 1.83 bits per heavy atom. The van der Waals surface area contributed by atoms with Crippen LogP contribution in [0.3, 0.4) is 0 Å². The molecule has 0 amide bonds. The van der Waals surface area contributed by atoms with Crippen molar-refractivity contribution < 1.29 is 5.11 Å². The number of aliphatic hydroxyl groups excluding tert-OH is 1. The first-order valence-corrected chi connectivity index (χ1v) is 7.32. The second kappa shape index (κ2) is 5.02. The van der Waals surface area contributed by atoms with Crippen LogP contribution in [0.2, 0.25) is 0 Å². The minimum absolute atomic E-state index is 0.329. The Bertz CT molecular complexity index is 538. The van der Waals surface area contributed by atoms with Gasteiger partial charge in [0.25, 0.3) is 0 Å². The average Bonchev–Trinajstić information content (AvgIpc) is 3.19. The summed E-state index contributed by atoms with van der Waals surface area (Å²) in [6.45, 7) is 0. The quantitative estimate of drug-likeness (QED) is 0.826. The highest BCUT2D eigenvalue weighted by Crippen LogP contribution is 2.53. The van der Waals surface area contributed by atoms with Crippen LogP contribution >= 0.6 is 22.6 Å². The lowest BCUT2D eigenvalue weighted by Crippen LogP contribution is -2.01. The van der Waals surface area contributed by atoms with Crippen LogP contribution in [-0.4, -0.2) is 5.11 Å². The smallest absolute Gasteiger partial charge is 0.0824 e. The van der Waals surface area contributed by atoms with Crippen molar-refractivity contribution in [2.45, 2.75) is 18.4 Å². The van der Waals surface area contributed by atoms with Crippen LogP contribution in [0.25, 0.3) is 0 Å². The van der Waals surface area contributed by atoms with Gasteiger partial charge in [0.1, 0.15) is 0 Å². The predicted octanol–water partition coefficient (Wildman–Crippen LogP) is 4.13. The average molecular weight is 350 g/mol. The molecule has 1 aliphatic carbocycles. The first-order valence-electron chi connectivity index (χ1n) is 6.24. The lowest BCUT2D eigenvalue weighted by molar-refractivity contribution is 0.151. The molecule has 1 nitrogen and oxygen atoms in total. The first-order chi connectivity index (χ1) is 8.75. The molecule has 0 spiro atoms. The molecule has 1 N–H and O–H groups in total. The van der Waals surface area contributed by atoms with Gasteiger partial charge in [-0.15, -0.1) is 0 Å². The van der Waals surface area contributed by atoms with Crippen molar-refractivity contribution in [2.75, 3.05) is 0 Å². The second-order valence-corrected chi connectivity index (χ2v) is 6.16. The standard InChI is InChI=1S/C16H15IO/c17-13-8-4-7-12(9-13)16(18)15-10-14(15)11-5-2-1-3-6-11/h1-9,14-16,18H,10H2. The van der Waals surface area contributed by atoms with Gasteiger partial charge in [-0.1, -0.05) is 42.5 Å². The van der Waals surface area contributed by atoms with E-state index in [0.29, 0.717) is 11.8 Å². The van der Waals surface area contributed by atoms with Gasteiger partial charge in [0, 0.05) is 3.57 Å². The summed E-state index contributed by atoms with van der Waals surface area (Å²) in [7, 11) is 0. The number of hydrogen-bond acceptors (Lipinski definition) is 1. The van der Waals surface area contributed by atoms with E-state index in [1.165, 1.54) is 9.13 Å². The first kappa shape index (κ1) is 12.2. The highest BCUT2D eigenvalue weighted by Gasteiger charge is 2.43. The van der Waals surface area contributed by atoms with E-state index >= 15 is 0 Å². The van der Waals surface area contributed by atoms with Crippen LogP contribution in [0.4, 0.5) is 0 Å². The maximum absolute atomic E-state index is 10.4. The van der Waals surface area contributed by atoms with E-state index in [9.17, 15) is 5.11 Å². The van der Waals surface area contributed by atoms with Gasteiger partial charge in [-0.25, -0.2) is 0 Å². The van der Waals surface area contributed by atoms with Crippen molar-refractivity contribution >= 4 is 22.6 Å². The highest BCUT2D eigenvalue weighted by molar-refractivity contribution is 14.1. The maximum Gasteiger partial charge on any atom is 0.0824 e. The predicted molar refractivity (Wildman–Crippen MR) is 81.4 cm³/mol. The minimum atomic E-state index is -0.329. The molecule has 3 atom stereocenters. The summed E-state index contributed by atoms with van der Waals surface area (Å²) in [5.74, 6) is 0.907. The molecule has 1 aliphatic rings. The van der Waals surface area contributed by atoms with Gasteiger partial charge in [0.2, 0.25) is 0 Å². The minimum Gasteiger partial charge on any atom is -0.388 e. The van der Waals surface area contributed by atoms with E-state index in [1.807, 2.05) is 18.2 Å². The molecule has 3 rings (SSSR count). The van der Waals surface area contributed by atoms with Crippen LogP contribution in [0, 0.1) is 9.49 Å².